The molecule has 0 N–H and O–H groups in total. The maximum atomic E-state index is 5.13. The second-order valence-corrected chi connectivity index (χ2v) is 22.2. The van der Waals surface area contributed by atoms with Crippen molar-refractivity contribution in [3.8, 4) is 0 Å². The van der Waals surface area contributed by atoms with Gasteiger partial charge in [0.1, 0.15) is 25.8 Å². The number of aryl methyl sites for hydroxylation is 4. The van der Waals surface area contributed by atoms with E-state index >= 15 is 0 Å². The highest BCUT2D eigenvalue weighted by atomic mass is 15.4. The fraction of sp³-hybridized carbons (Fsp3) is 0.324. The highest BCUT2D eigenvalue weighted by molar-refractivity contribution is 6.07. The van der Waals surface area contributed by atoms with Gasteiger partial charge in [-0.05, 0) is 97.2 Å². The van der Waals surface area contributed by atoms with Gasteiger partial charge in [0.05, 0.1) is 0 Å². The summed E-state index contributed by atoms with van der Waals surface area (Å²) in [5.74, 6) is 1.95. The molecular formula is C68H78N8+4. The molecule has 2 aliphatic rings. The molecule has 0 atom stereocenters. The number of hydrogen-bond donors (Lipinski definition) is 0. The van der Waals surface area contributed by atoms with Crippen LogP contribution in [-0.4, -0.2) is 11.7 Å². The van der Waals surface area contributed by atoms with Crippen LogP contribution in [0, 0.1) is 83.1 Å². The van der Waals surface area contributed by atoms with E-state index in [4.69, 9.17) is 10.2 Å². The summed E-state index contributed by atoms with van der Waals surface area (Å²) in [5, 5.41) is 10.3. The molecule has 8 heteroatoms. The number of nitrogens with zero attached hydrogens (tertiary/aromatic N) is 8. The van der Waals surface area contributed by atoms with Gasteiger partial charge in [-0.15, -0.1) is 10.2 Å². The summed E-state index contributed by atoms with van der Waals surface area (Å²) >= 11 is 0. The molecule has 0 radical (unpaired) electrons. The summed E-state index contributed by atoms with van der Waals surface area (Å²) in [5.41, 5.74) is 31.7. The molecular weight excluding hydrogens is 929 g/mol. The molecule has 0 fully saturated rings. The Labute approximate surface area is 453 Å². The van der Waals surface area contributed by atoms with E-state index in [9.17, 15) is 0 Å². The summed E-state index contributed by atoms with van der Waals surface area (Å²) < 4.78 is 9.53. The van der Waals surface area contributed by atoms with Crippen LogP contribution in [-0.2, 0) is 66.0 Å². The Balaban J connectivity index is 0.843. The largest absolute Gasteiger partial charge is 0.323 e. The first-order valence-corrected chi connectivity index (χ1v) is 27.3. The fourth-order valence-electron chi connectivity index (χ4n) is 11.9. The first-order valence-electron chi connectivity index (χ1n) is 27.3. The summed E-state index contributed by atoms with van der Waals surface area (Å²) in [6, 6.07) is 45.4. The smallest absolute Gasteiger partial charge is 0.181 e. The van der Waals surface area contributed by atoms with Gasteiger partial charge in [-0.2, -0.15) is 9.13 Å². The van der Waals surface area contributed by atoms with Crippen LogP contribution in [0.3, 0.4) is 0 Å². The van der Waals surface area contributed by atoms with E-state index in [0.29, 0.717) is 0 Å². The van der Waals surface area contributed by atoms with Crippen LogP contribution in [0.2, 0.25) is 0 Å². The van der Waals surface area contributed by atoms with Crippen molar-refractivity contribution in [1.82, 2.24) is 0 Å². The lowest BCUT2D eigenvalue weighted by Crippen LogP contribution is -2.42. The highest BCUT2D eigenvalue weighted by Gasteiger charge is 2.29. The van der Waals surface area contributed by atoms with Crippen LogP contribution >= 0.6 is 0 Å². The van der Waals surface area contributed by atoms with E-state index in [0.717, 1.165) is 63.5 Å². The van der Waals surface area contributed by atoms with E-state index in [-0.39, 0.29) is 0 Å². The van der Waals surface area contributed by atoms with E-state index in [1.165, 1.54) is 135 Å². The summed E-state index contributed by atoms with van der Waals surface area (Å²) in [6.07, 6.45) is 3.38. The van der Waals surface area contributed by atoms with Crippen molar-refractivity contribution in [3.05, 3.63) is 245 Å². The molecule has 0 bridgehead atoms. The lowest BCUT2D eigenvalue weighted by atomic mass is 9.95. The molecule has 76 heavy (non-hydrogen) atoms. The minimum absolute atomic E-state index is 0.721. The molecule has 0 saturated heterocycles. The number of pyridine rings is 4. The first-order chi connectivity index (χ1) is 36.4. The van der Waals surface area contributed by atoms with Crippen molar-refractivity contribution in [2.75, 3.05) is 9.80 Å². The number of amidine groups is 2. The topological polar surface area (TPSA) is 46.7 Å². The lowest BCUT2D eigenvalue weighted by molar-refractivity contribution is -0.700. The normalized spacial score (nSPS) is 14.1. The zero-order chi connectivity index (χ0) is 53.7. The molecule has 0 amide bonds. The first kappa shape index (κ1) is 51.9. The number of rotatable bonds is 13. The zero-order valence-electron chi connectivity index (χ0n) is 47.8. The summed E-state index contributed by atoms with van der Waals surface area (Å²) in [6.45, 7) is 30.1. The predicted octanol–water partition coefficient (Wildman–Crippen LogP) is 11.4. The molecule has 10 rings (SSSR count). The third-order valence-electron chi connectivity index (χ3n) is 17.7. The molecule has 0 aliphatic carbocycles. The standard InChI is InChI=1S/C68H78N8/c1-43-31-61(47(5)51(9)71(43)13)35-63-33-45(3)73(53(11)49(63)7)39-55-23-27-57(28-24-55)41-75-65-21-17-15-19-59(65)37-67(75)69-70-68-38-60-20-16-18-22-66(60)76(68)42-58-29-25-56(26-30-58)40-74-46(4)34-64(50(8)54(74)12)36-62-32-44(2)72(14)52(10)48(62)6/h15-34H,35-42H2,1-14H3/q+4/b69-67-,70-68-. The average Bonchev–Trinajstić information content (AvgIpc) is 3.95. The Hall–Kier alpha value is -7.58. The SMILES string of the molecule is Cc1c(Cc2cc(C)[n+](Cc3ccc(CN4/C(=N\N=C5\Cc6ccccc6N5Cc5ccc(C[n+]6c(C)cc(Cc7cc(C)[n+](C)c(C)c7C)c(C)c6C)cc5)Cc5ccccc54)cc3)c(C)c2C)cc(C)[n+](C)c1C. The van der Waals surface area contributed by atoms with Gasteiger partial charge in [-0.25, -0.2) is 9.13 Å². The molecule has 6 heterocycles. The highest BCUT2D eigenvalue weighted by Crippen LogP contribution is 2.34. The number of anilines is 2. The minimum atomic E-state index is 0.721. The van der Waals surface area contributed by atoms with Crippen molar-refractivity contribution in [3.63, 3.8) is 0 Å². The van der Waals surface area contributed by atoms with Gasteiger partial charge in [0.2, 0.25) is 0 Å². The molecule has 8 nitrogen and oxygen atoms in total. The van der Waals surface area contributed by atoms with Gasteiger partial charge in [-0.1, -0.05) is 84.9 Å². The average molecular weight is 1010 g/mol. The quantitative estimate of drug-likeness (QED) is 0.0853. The summed E-state index contributed by atoms with van der Waals surface area (Å²) in [4.78, 5) is 4.73. The van der Waals surface area contributed by atoms with Crippen molar-refractivity contribution < 1.29 is 18.3 Å². The molecule has 0 spiro atoms. The Bertz CT molecular complexity index is 3400. The number of para-hydroxylation sites is 2. The van der Waals surface area contributed by atoms with Crippen molar-refractivity contribution >= 4 is 23.0 Å². The fourth-order valence-corrected chi connectivity index (χ4v) is 11.9. The third kappa shape index (κ3) is 10.1. The molecule has 2 aliphatic heterocycles. The predicted molar refractivity (Wildman–Crippen MR) is 310 cm³/mol. The van der Waals surface area contributed by atoms with Crippen molar-refractivity contribution in [2.24, 2.45) is 24.3 Å². The third-order valence-corrected chi connectivity index (χ3v) is 17.7. The number of aromatic nitrogens is 4. The Morgan fingerprint density at radius 1 is 0.382 bits per heavy atom. The number of fused-ring (bicyclic) bond motifs is 2. The van der Waals surface area contributed by atoms with E-state index < -0.39 is 0 Å². The van der Waals surface area contributed by atoms with Crippen molar-refractivity contribution in [1.29, 1.82) is 0 Å². The maximum Gasteiger partial charge on any atom is 0.181 e. The van der Waals surface area contributed by atoms with E-state index in [1.807, 2.05) is 0 Å². The van der Waals surface area contributed by atoms with Gasteiger partial charge in [0.15, 0.2) is 58.6 Å². The summed E-state index contributed by atoms with van der Waals surface area (Å²) in [7, 11) is 4.32. The van der Waals surface area contributed by atoms with Gasteiger partial charge in [0.25, 0.3) is 0 Å². The lowest BCUT2D eigenvalue weighted by Gasteiger charge is -2.21. The molecule has 8 aromatic rings. The zero-order valence-corrected chi connectivity index (χ0v) is 47.8. The Morgan fingerprint density at radius 3 is 1.07 bits per heavy atom. The molecule has 386 valence electrons. The van der Waals surface area contributed by atoms with Gasteiger partial charge >= 0.3 is 0 Å². The number of benzene rings is 4. The second-order valence-electron chi connectivity index (χ2n) is 22.2. The van der Waals surface area contributed by atoms with E-state index in [1.54, 1.807) is 0 Å². The van der Waals surface area contributed by atoms with E-state index in [2.05, 4.69) is 247 Å². The van der Waals surface area contributed by atoms with Crippen LogP contribution < -0.4 is 28.1 Å². The van der Waals surface area contributed by atoms with Crippen LogP contribution in [0.5, 0.6) is 0 Å². The van der Waals surface area contributed by atoms with Crippen molar-refractivity contribution in [2.45, 2.75) is 135 Å². The van der Waals surface area contributed by atoms with Crippen LogP contribution in [0.1, 0.15) is 123 Å². The van der Waals surface area contributed by atoms with Gasteiger partial charge in [0, 0.05) is 150 Å². The van der Waals surface area contributed by atoms with Gasteiger partial charge in [-0.3, -0.25) is 0 Å². The molecule has 0 saturated carbocycles. The monoisotopic (exact) mass is 1010 g/mol. The van der Waals surface area contributed by atoms with Crippen LogP contribution in [0.15, 0.2) is 132 Å². The second kappa shape index (κ2) is 21.2. The maximum absolute atomic E-state index is 5.13. The number of hydrogen-bond acceptors (Lipinski definition) is 2. The molecule has 0 unspecified atom stereocenters. The minimum Gasteiger partial charge on any atom is -0.323 e. The van der Waals surface area contributed by atoms with Crippen LogP contribution in [0.4, 0.5) is 11.4 Å². The molecule has 4 aromatic carbocycles. The Morgan fingerprint density at radius 2 is 0.697 bits per heavy atom. The Kier molecular flexibility index (Phi) is 14.5. The molecule has 4 aromatic heterocycles. The van der Waals surface area contributed by atoms with Gasteiger partial charge < -0.3 is 9.80 Å². The van der Waals surface area contributed by atoms with Crippen LogP contribution in [0.25, 0.3) is 0 Å².